The van der Waals surface area contributed by atoms with Gasteiger partial charge in [0.05, 0.1) is 6.61 Å². The molecule has 3 aliphatic carbocycles. The Hall–Kier alpha value is -1.25. The first-order chi connectivity index (χ1) is 8.16. The highest BCUT2D eigenvalue weighted by atomic mass is 16.5. The van der Waals surface area contributed by atoms with E-state index in [1.807, 2.05) is 0 Å². The summed E-state index contributed by atoms with van der Waals surface area (Å²) in [6, 6.07) is 0. The largest absolute Gasteiger partial charge is 0.461 e. The van der Waals surface area contributed by atoms with E-state index >= 15 is 0 Å². The molecule has 0 radical (unpaired) electrons. The highest BCUT2D eigenvalue weighted by Crippen LogP contribution is 2.58. The number of carbonyl (C=O) groups excluding carboxylic acids is 1. The first-order valence-corrected chi connectivity index (χ1v) is 6.45. The Morgan fingerprint density at radius 2 is 2.24 bits per heavy atom. The van der Waals surface area contributed by atoms with Crippen molar-refractivity contribution in [3.8, 4) is 0 Å². The van der Waals surface area contributed by atoms with Gasteiger partial charge in [0.2, 0.25) is 0 Å². The van der Waals surface area contributed by atoms with Crippen molar-refractivity contribution >= 4 is 5.97 Å². The molecule has 0 spiro atoms. The van der Waals surface area contributed by atoms with E-state index in [1.54, 1.807) is 0 Å². The van der Waals surface area contributed by atoms with Crippen LogP contribution in [0.1, 0.15) is 19.3 Å². The molecule has 2 fully saturated rings. The summed E-state index contributed by atoms with van der Waals surface area (Å²) < 4.78 is 5.20. The van der Waals surface area contributed by atoms with E-state index < -0.39 is 5.97 Å². The summed E-state index contributed by atoms with van der Waals surface area (Å²) in [6.45, 7) is 3.91. The minimum Gasteiger partial charge on any atom is -0.461 e. The van der Waals surface area contributed by atoms with Gasteiger partial charge in [0.1, 0.15) is 5.70 Å². The molecular formula is C14H19NO2. The molecule has 5 atom stereocenters. The van der Waals surface area contributed by atoms with Crippen LogP contribution in [0.2, 0.25) is 0 Å². The average molecular weight is 233 g/mol. The lowest BCUT2D eigenvalue weighted by atomic mass is 9.76. The summed E-state index contributed by atoms with van der Waals surface area (Å²) in [7, 11) is 0. The molecule has 92 valence electrons. The first-order valence-electron chi connectivity index (χ1n) is 6.45. The highest BCUT2D eigenvalue weighted by Gasteiger charge is 2.52. The maximum atomic E-state index is 11.3. The minimum atomic E-state index is -0.453. The molecule has 3 heteroatoms. The van der Waals surface area contributed by atoms with Crippen molar-refractivity contribution in [3.63, 3.8) is 0 Å². The second-order valence-corrected chi connectivity index (χ2v) is 5.68. The van der Waals surface area contributed by atoms with Crippen LogP contribution < -0.4 is 5.73 Å². The Morgan fingerprint density at radius 1 is 1.41 bits per heavy atom. The topological polar surface area (TPSA) is 52.3 Å². The van der Waals surface area contributed by atoms with Crippen molar-refractivity contribution in [2.45, 2.75) is 19.3 Å². The number of fused-ring (bicyclic) bond motifs is 5. The van der Waals surface area contributed by atoms with Gasteiger partial charge in [-0.05, 0) is 48.9 Å². The lowest BCUT2D eigenvalue weighted by Crippen LogP contribution is -2.28. The molecule has 3 nitrogen and oxygen atoms in total. The molecule has 2 N–H and O–H groups in total. The maximum Gasteiger partial charge on any atom is 0.353 e. The molecule has 0 amide bonds. The molecule has 3 rings (SSSR count). The predicted octanol–water partition coefficient (Wildman–Crippen LogP) is 1.85. The molecule has 5 unspecified atom stereocenters. The van der Waals surface area contributed by atoms with Gasteiger partial charge in [-0.15, -0.1) is 0 Å². The Kier molecular flexibility index (Phi) is 2.49. The fourth-order valence-electron chi connectivity index (χ4n) is 4.15. The summed E-state index contributed by atoms with van der Waals surface area (Å²) in [5, 5.41) is 0. The zero-order valence-corrected chi connectivity index (χ0v) is 9.97. The van der Waals surface area contributed by atoms with E-state index in [0.717, 1.165) is 23.7 Å². The van der Waals surface area contributed by atoms with Crippen LogP contribution >= 0.6 is 0 Å². The summed E-state index contributed by atoms with van der Waals surface area (Å²) in [6.07, 6.45) is 8.51. The van der Waals surface area contributed by atoms with Crippen LogP contribution in [0.5, 0.6) is 0 Å². The molecule has 2 bridgehead atoms. The van der Waals surface area contributed by atoms with Crippen LogP contribution in [0.15, 0.2) is 24.4 Å². The van der Waals surface area contributed by atoms with Crippen molar-refractivity contribution < 1.29 is 9.53 Å². The van der Waals surface area contributed by atoms with Crippen LogP contribution in [-0.2, 0) is 9.53 Å². The van der Waals surface area contributed by atoms with Gasteiger partial charge in [-0.3, -0.25) is 0 Å². The number of hydrogen-bond acceptors (Lipinski definition) is 3. The standard InChI is InChI=1S/C14H19NO2/c1-8(15)14(16)17-7-10-5-9-6-13(10)12-4-2-3-11(9)12/h2,4,9-13H,1,3,5-7,15H2. The van der Waals surface area contributed by atoms with Crippen LogP contribution in [0.25, 0.3) is 0 Å². The molecule has 0 saturated heterocycles. The van der Waals surface area contributed by atoms with E-state index in [0.29, 0.717) is 12.5 Å². The van der Waals surface area contributed by atoms with Gasteiger partial charge in [-0.25, -0.2) is 4.79 Å². The number of carbonyl (C=O) groups is 1. The Labute approximate surface area is 102 Å². The van der Waals surface area contributed by atoms with Gasteiger partial charge in [0, 0.05) is 0 Å². The Bertz CT molecular complexity index is 388. The number of nitrogens with two attached hydrogens (primary N) is 1. The number of allylic oxidation sites excluding steroid dienone is 2. The molecular weight excluding hydrogens is 214 g/mol. The third-order valence-corrected chi connectivity index (χ3v) is 4.84. The van der Waals surface area contributed by atoms with E-state index in [9.17, 15) is 4.79 Å². The summed E-state index contributed by atoms with van der Waals surface area (Å²) >= 11 is 0. The molecule has 0 heterocycles. The fraction of sp³-hybridized carbons (Fsp3) is 0.643. The SMILES string of the molecule is C=C(N)C(=O)OCC1CC2CC1C1C=CCC21. The van der Waals surface area contributed by atoms with Gasteiger partial charge in [-0.1, -0.05) is 18.7 Å². The number of ether oxygens (including phenoxy) is 1. The predicted molar refractivity (Wildman–Crippen MR) is 64.7 cm³/mol. The zero-order chi connectivity index (χ0) is 12.0. The first kappa shape index (κ1) is 10.9. The lowest BCUT2D eigenvalue weighted by Gasteiger charge is -2.30. The van der Waals surface area contributed by atoms with Crippen molar-refractivity contribution in [1.82, 2.24) is 0 Å². The van der Waals surface area contributed by atoms with Gasteiger partial charge in [0.15, 0.2) is 0 Å². The van der Waals surface area contributed by atoms with Crippen LogP contribution in [0.4, 0.5) is 0 Å². The van der Waals surface area contributed by atoms with Crippen LogP contribution in [-0.4, -0.2) is 12.6 Å². The average Bonchev–Trinajstić information content (AvgIpc) is 2.96. The van der Waals surface area contributed by atoms with Crippen molar-refractivity contribution in [2.24, 2.45) is 35.3 Å². The molecule has 0 aromatic rings. The highest BCUT2D eigenvalue weighted by molar-refractivity contribution is 5.86. The maximum absolute atomic E-state index is 11.3. The summed E-state index contributed by atoms with van der Waals surface area (Å²) in [5.74, 6) is 3.29. The van der Waals surface area contributed by atoms with Crippen molar-refractivity contribution in [1.29, 1.82) is 0 Å². The van der Waals surface area contributed by atoms with Crippen LogP contribution in [0, 0.1) is 29.6 Å². The van der Waals surface area contributed by atoms with Gasteiger partial charge in [-0.2, -0.15) is 0 Å². The van der Waals surface area contributed by atoms with Gasteiger partial charge in [0.25, 0.3) is 0 Å². The Balaban J connectivity index is 1.59. The number of rotatable bonds is 3. The Morgan fingerprint density at radius 3 is 3.00 bits per heavy atom. The van der Waals surface area contributed by atoms with Crippen LogP contribution in [0.3, 0.4) is 0 Å². The van der Waals surface area contributed by atoms with Crippen molar-refractivity contribution in [3.05, 3.63) is 24.4 Å². The minimum absolute atomic E-state index is 0.00629. The smallest absolute Gasteiger partial charge is 0.353 e. The number of hydrogen-bond donors (Lipinski definition) is 1. The van der Waals surface area contributed by atoms with E-state index in [4.69, 9.17) is 10.5 Å². The fourth-order valence-corrected chi connectivity index (χ4v) is 4.15. The molecule has 0 aliphatic heterocycles. The third kappa shape index (κ3) is 1.68. The third-order valence-electron chi connectivity index (χ3n) is 4.84. The quantitative estimate of drug-likeness (QED) is 0.460. The summed E-state index contributed by atoms with van der Waals surface area (Å²) in [5.41, 5.74) is 5.31. The monoisotopic (exact) mass is 233 g/mol. The van der Waals surface area contributed by atoms with E-state index in [2.05, 4.69) is 18.7 Å². The zero-order valence-electron chi connectivity index (χ0n) is 9.97. The molecule has 2 saturated carbocycles. The lowest BCUT2D eigenvalue weighted by molar-refractivity contribution is -0.141. The molecule has 3 aliphatic rings. The normalized spacial score (nSPS) is 41.5. The van der Waals surface area contributed by atoms with E-state index in [1.165, 1.54) is 19.3 Å². The second-order valence-electron chi connectivity index (χ2n) is 5.68. The molecule has 0 aromatic heterocycles. The van der Waals surface area contributed by atoms with Crippen molar-refractivity contribution in [2.75, 3.05) is 6.61 Å². The molecule has 0 aromatic carbocycles. The summed E-state index contributed by atoms with van der Waals surface area (Å²) in [4.78, 5) is 11.3. The molecule has 17 heavy (non-hydrogen) atoms. The van der Waals surface area contributed by atoms with E-state index in [-0.39, 0.29) is 5.70 Å². The van der Waals surface area contributed by atoms with Gasteiger partial charge < -0.3 is 10.5 Å². The number of esters is 1. The second kappa shape index (κ2) is 3.90. The van der Waals surface area contributed by atoms with Gasteiger partial charge >= 0.3 is 5.97 Å².